The maximum absolute atomic E-state index is 14.2. The molecule has 7 heteroatoms. The minimum atomic E-state index is -0.804. The van der Waals surface area contributed by atoms with Gasteiger partial charge in [0.05, 0.1) is 0 Å². The highest BCUT2D eigenvalue weighted by atomic mass is 16.2. The first-order valence-electron chi connectivity index (χ1n) is 16.5. The summed E-state index contributed by atoms with van der Waals surface area (Å²) in [4.78, 5) is 43.5. The number of likely N-dealkylation sites (tertiary alicyclic amines) is 1. The lowest BCUT2D eigenvalue weighted by molar-refractivity contribution is -0.138. The summed E-state index contributed by atoms with van der Waals surface area (Å²) in [6.45, 7) is 5.18. The van der Waals surface area contributed by atoms with Gasteiger partial charge in [-0.3, -0.25) is 14.4 Å². The van der Waals surface area contributed by atoms with Gasteiger partial charge in [0.1, 0.15) is 12.1 Å². The van der Waals surface area contributed by atoms with E-state index in [-0.39, 0.29) is 23.6 Å². The molecule has 2 fully saturated rings. The van der Waals surface area contributed by atoms with Crippen molar-refractivity contribution in [2.45, 2.75) is 57.5 Å². The smallest absolute Gasteiger partial charge is 0.245 e. The molecule has 0 aromatic heterocycles. The van der Waals surface area contributed by atoms with Gasteiger partial charge in [-0.15, -0.1) is 0 Å². The summed E-state index contributed by atoms with van der Waals surface area (Å²) >= 11 is 0. The minimum Gasteiger partial charge on any atom is -0.344 e. The number of nitrogens with one attached hydrogen (secondary N) is 3. The van der Waals surface area contributed by atoms with Crippen LogP contribution >= 0.6 is 0 Å². The molecule has 0 saturated carbocycles. The lowest BCUT2D eigenvalue weighted by atomic mass is 9.95. The summed E-state index contributed by atoms with van der Waals surface area (Å²) in [6, 6.07) is 27.1. The van der Waals surface area contributed by atoms with E-state index in [2.05, 4.69) is 71.4 Å². The van der Waals surface area contributed by atoms with Crippen molar-refractivity contribution in [2.75, 3.05) is 26.2 Å². The van der Waals surface area contributed by atoms with Crippen LogP contribution in [-0.4, -0.2) is 60.9 Å². The van der Waals surface area contributed by atoms with Crippen LogP contribution in [0.25, 0.3) is 21.5 Å². The highest BCUT2D eigenvalue weighted by Gasteiger charge is 2.32. The Kier molecular flexibility index (Phi) is 9.75. The summed E-state index contributed by atoms with van der Waals surface area (Å²) in [6.07, 6.45) is 4.12. The van der Waals surface area contributed by atoms with E-state index in [0.29, 0.717) is 31.8 Å². The molecule has 4 aromatic rings. The molecule has 0 spiro atoms. The van der Waals surface area contributed by atoms with Gasteiger partial charge in [-0.25, -0.2) is 0 Å². The number of piperidine rings is 2. The average Bonchev–Trinajstić information content (AvgIpc) is 3.08. The Hall–Kier alpha value is -4.23. The third-order valence-electron chi connectivity index (χ3n) is 9.56. The third kappa shape index (κ3) is 7.71. The third-order valence-corrected chi connectivity index (χ3v) is 9.56. The second-order valence-electron chi connectivity index (χ2n) is 12.9. The van der Waals surface area contributed by atoms with Crippen molar-refractivity contribution in [2.24, 2.45) is 11.8 Å². The molecule has 2 aliphatic rings. The van der Waals surface area contributed by atoms with Crippen LogP contribution in [0.2, 0.25) is 0 Å². The lowest BCUT2D eigenvalue weighted by Gasteiger charge is -2.34. The second kappa shape index (κ2) is 14.2. The summed E-state index contributed by atoms with van der Waals surface area (Å²) in [5, 5.41) is 14.0. The fourth-order valence-corrected chi connectivity index (χ4v) is 6.71. The van der Waals surface area contributed by atoms with Crippen LogP contribution in [0, 0.1) is 11.8 Å². The van der Waals surface area contributed by atoms with E-state index in [9.17, 15) is 14.4 Å². The minimum absolute atomic E-state index is 0.0578. The Bertz CT molecular complexity index is 1660. The number of nitrogens with zero attached hydrogens (tertiary/aromatic N) is 1. The summed E-state index contributed by atoms with van der Waals surface area (Å²) in [7, 11) is 0. The fraction of sp³-hybridized carbons (Fsp3) is 0.395. The van der Waals surface area contributed by atoms with E-state index in [4.69, 9.17) is 0 Å². The summed E-state index contributed by atoms with van der Waals surface area (Å²) in [5.74, 6) is -0.0324. The highest BCUT2D eigenvalue weighted by molar-refractivity contribution is 5.93. The molecule has 2 unspecified atom stereocenters. The first-order chi connectivity index (χ1) is 21.9. The van der Waals surface area contributed by atoms with Crippen molar-refractivity contribution in [3.8, 4) is 0 Å². The van der Waals surface area contributed by atoms with Crippen LogP contribution in [0.3, 0.4) is 0 Å². The van der Waals surface area contributed by atoms with E-state index in [0.717, 1.165) is 71.4 Å². The number of carbonyl (C=O) groups excluding carboxylic acids is 3. The average molecular weight is 605 g/mol. The van der Waals surface area contributed by atoms with Gasteiger partial charge >= 0.3 is 0 Å². The highest BCUT2D eigenvalue weighted by Crippen LogP contribution is 2.21. The molecule has 4 aromatic carbocycles. The molecule has 0 bridgehead atoms. The number of amides is 3. The first-order valence-corrected chi connectivity index (χ1v) is 16.5. The van der Waals surface area contributed by atoms with E-state index in [1.807, 2.05) is 41.3 Å². The van der Waals surface area contributed by atoms with Crippen molar-refractivity contribution in [3.63, 3.8) is 0 Å². The van der Waals surface area contributed by atoms with E-state index in [1.54, 1.807) is 0 Å². The molecule has 0 aliphatic carbocycles. The van der Waals surface area contributed by atoms with Crippen LogP contribution in [0.15, 0.2) is 84.9 Å². The summed E-state index contributed by atoms with van der Waals surface area (Å²) in [5.41, 5.74) is 1.95. The molecule has 2 aliphatic heterocycles. The van der Waals surface area contributed by atoms with Crippen molar-refractivity contribution < 1.29 is 14.4 Å². The van der Waals surface area contributed by atoms with Gasteiger partial charge < -0.3 is 20.9 Å². The molecule has 2 saturated heterocycles. The molecule has 6 rings (SSSR count). The normalized spacial score (nSPS) is 17.6. The Morgan fingerprint density at radius 2 is 1.24 bits per heavy atom. The largest absolute Gasteiger partial charge is 0.344 e. The molecule has 2 atom stereocenters. The van der Waals surface area contributed by atoms with Gasteiger partial charge in [-0.2, -0.15) is 0 Å². The van der Waals surface area contributed by atoms with E-state index in [1.165, 1.54) is 0 Å². The van der Waals surface area contributed by atoms with Crippen LogP contribution in [0.5, 0.6) is 0 Å². The second-order valence-corrected chi connectivity index (χ2v) is 12.9. The quantitative estimate of drug-likeness (QED) is 0.251. The van der Waals surface area contributed by atoms with Gasteiger partial charge in [0.25, 0.3) is 0 Å². The van der Waals surface area contributed by atoms with Gasteiger partial charge in [-0.1, -0.05) is 91.9 Å². The molecule has 45 heavy (non-hydrogen) atoms. The zero-order valence-electron chi connectivity index (χ0n) is 26.1. The van der Waals surface area contributed by atoms with Crippen LogP contribution in [-0.2, 0) is 27.2 Å². The number of hydrogen-bond acceptors (Lipinski definition) is 4. The predicted molar refractivity (Wildman–Crippen MR) is 180 cm³/mol. The van der Waals surface area contributed by atoms with Crippen molar-refractivity contribution >= 4 is 39.3 Å². The van der Waals surface area contributed by atoms with Crippen molar-refractivity contribution in [3.05, 3.63) is 96.1 Å². The predicted octanol–water partition coefficient (Wildman–Crippen LogP) is 5.01. The Balaban J connectivity index is 1.26. The molecule has 2 heterocycles. The Morgan fingerprint density at radius 3 is 1.82 bits per heavy atom. The number of carbonyl (C=O) groups is 3. The number of benzene rings is 4. The molecular formula is C38H44N4O3. The molecule has 7 nitrogen and oxygen atoms in total. The molecule has 234 valence electrons. The summed E-state index contributed by atoms with van der Waals surface area (Å²) < 4.78 is 0. The maximum Gasteiger partial charge on any atom is 0.245 e. The fourth-order valence-electron chi connectivity index (χ4n) is 6.71. The van der Waals surface area contributed by atoms with Crippen LogP contribution < -0.4 is 16.0 Å². The number of rotatable bonds is 9. The van der Waals surface area contributed by atoms with Crippen molar-refractivity contribution in [1.29, 1.82) is 0 Å². The number of hydrogen-bond donors (Lipinski definition) is 3. The molecule has 3 amide bonds. The van der Waals surface area contributed by atoms with E-state index < -0.39 is 12.1 Å². The van der Waals surface area contributed by atoms with Gasteiger partial charge in [0, 0.05) is 31.8 Å². The van der Waals surface area contributed by atoms with E-state index >= 15 is 0 Å². The lowest BCUT2D eigenvalue weighted by Crippen LogP contribution is -2.57. The Morgan fingerprint density at radius 1 is 0.711 bits per heavy atom. The Labute approximate surface area is 265 Å². The van der Waals surface area contributed by atoms with Gasteiger partial charge in [-0.05, 0) is 77.4 Å². The SMILES string of the molecule is CC1CCN(C(=O)C(Cc2ccc3ccccc3c2)NC(=O)C(Cc2ccc3ccccc3c2)NC(=O)C2CCNCC2)CC1. The zero-order valence-corrected chi connectivity index (χ0v) is 26.1. The number of fused-ring (bicyclic) bond motifs is 2. The molecular weight excluding hydrogens is 560 g/mol. The van der Waals surface area contributed by atoms with Gasteiger partial charge in [0.15, 0.2) is 0 Å². The zero-order chi connectivity index (χ0) is 31.2. The maximum atomic E-state index is 14.2. The van der Waals surface area contributed by atoms with Crippen LogP contribution in [0.1, 0.15) is 43.7 Å². The monoisotopic (exact) mass is 604 g/mol. The van der Waals surface area contributed by atoms with Crippen LogP contribution in [0.4, 0.5) is 0 Å². The standard InChI is InChI=1S/C38H44N4O3/c1-26-16-20-42(21-17-26)38(45)35(25-28-11-13-30-7-3-5-9-33(30)23-28)41-37(44)34(40-36(43)31-14-18-39-19-15-31)24-27-10-12-29-6-2-4-8-32(29)22-27/h2-13,22-23,26,31,34-35,39H,14-21,24-25H2,1H3,(H,40,43)(H,41,44). The topological polar surface area (TPSA) is 90.5 Å². The van der Waals surface area contributed by atoms with Gasteiger partial charge in [0.2, 0.25) is 17.7 Å². The van der Waals surface area contributed by atoms with Crippen molar-refractivity contribution in [1.82, 2.24) is 20.9 Å². The molecule has 3 N–H and O–H groups in total. The molecule has 0 radical (unpaired) electrons. The first kappa shape index (κ1) is 30.8.